The smallest absolute Gasteiger partial charge is 0.227 e. The minimum absolute atomic E-state index is 0.215. The lowest BCUT2D eigenvalue weighted by atomic mass is 9.98. The summed E-state index contributed by atoms with van der Waals surface area (Å²) in [5.41, 5.74) is 7.26. The third-order valence-corrected chi connectivity index (χ3v) is 5.79. The third-order valence-electron chi connectivity index (χ3n) is 5.79. The fraction of sp³-hybridized carbons (Fsp3) is 0.450. The SMILES string of the molecule is COc1ccc2cccc(CC(=O)N3CC4CCC(N)C4C3)c2c1. The maximum Gasteiger partial charge on any atom is 0.227 e. The Morgan fingerprint density at radius 1 is 1.25 bits per heavy atom. The van der Waals surface area contributed by atoms with Crippen LogP contribution in [-0.2, 0) is 11.2 Å². The summed E-state index contributed by atoms with van der Waals surface area (Å²) >= 11 is 0. The fourth-order valence-electron chi connectivity index (χ4n) is 4.38. The molecule has 1 saturated carbocycles. The maximum atomic E-state index is 12.8. The summed E-state index contributed by atoms with van der Waals surface area (Å²) in [7, 11) is 1.67. The quantitative estimate of drug-likeness (QED) is 0.944. The highest BCUT2D eigenvalue weighted by atomic mass is 16.5. The summed E-state index contributed by atoms with van der Waals surface area (Å²) < 4.78 is 5.33. The van der Waals surface area contributed by atoms with E-state index in [0.29, 0.717) is 18.3 Å². The van der Waals surface area contributed by atoms with Gasteiger partial charge < -0.3 is 15.4 Å². The van der Waals surface area contributed by atoms with Crippen molar-refractivity contribution in [2.24, 2.45) is 17.6 Å². The molecule has 1 heterocycles. The number of rotatable bonds is 3. The molecular weight excluding hydrogens is 300 g/mol. The van der Waals surface area contributed by atoms with E-state index in [2.05, 4.69) is 6.07 Å². The second-order valence-corrected chi connectivity index (χ2v) is 7.14. The number of ether oxygens (including phenoxy) is 1. The molecule has 1 aliphatic carbocycles. The van der Waals surface area contributed by atoms with Gasteiger partial charge >= 0.3 is 0 Å². The first-order chi connectivity index (χ1) is 11.7. The van der Waals surface area contributed by atoms with Crippen LogP contribution in [0.15, 0.2) is 36.4 Å². The molecule has 0 aromatic heterocycles. The summed E-state index contributed by atoms with van der Waals surface area (Å²) in [6.07, 6.45) is 2.72. The summed E-state index contributed by atoms with van der Waals surface area (Å²) in [6.45, 7) is 1.71. The standard InChI is InChI=1S/C20H24N2O2/c1-24-16-7-5-13-3-2-4-14(17(13)10-16)9-20(23)22-11-15-6-8-19(21)18(15)12-22/h2-5,7,10,15,18-19H,6,8-9,11-12,21H2,1H3. The number of carbonyl (C=O) groups excluding carboxylic acids is 1. The molecule has 4 rings (SSSR count). The number of benzene rings is 2. The van der Waals surface area contributed by atoms with Gasteiger partial charge in [-0.15, -0.1) is 0 Å². The monoisotopic (exact) mass is 324 g/mol. The zero-order valence-corrected chi connectivity index (χ0v) is 14.1. The first kappa shape index (κ1) is 15.5. The predicted octanol–water partition coefficient (Wildman–Crippen LogP) is 2.59. The molecule has 1 amide bonds. The Bertz CT molecular complexity index is 773. The van der Waals surface area contributed by atoms with Gasteiger partial charge in [-0.3, -0.25) is 4.79 Å². The Morgan fingerprint density at radius 2 is 2.12 bits per heavy atom. The van der Waals surface area contributed by atoms with Crippen LogP contribution in [0.2, 0.25) is 0 Å². The van der Waals surface area contributed by atoms with E-state index in [9.17, 15) is 4.79 Å². The lowest BCUT2D eigenvalue weighted by molar-refractivity contribution is -0.129. The topological polar surface area (TPSA) is 55.6 Å². The van der Waals surface area contributed by atoms with Crippen LogP contribution in [0.5, 0.6) is 5.75 Å². The van der Waals surface area contributed by atoms with Gasteiger partial charge in [0.25, 0.3) is 0 Å². The zero-order chi connectivity index (χ0) is 16.7. The first-order valence-corrected chi connectivity index (χ1v) is 8.74. The Labute approximate surface area is 142 Å². The molecule has 0 spiro atoms. The highest BCUT2D eigenvalue weighted by Gasteiger charge is 2.42. The summed E-state index contributed by atoms with van der Waals surface area (Å²) in [5.74, 6) is 2.15. The molecule has 3 unspecified atom stereocenters. The molecular formula is C20H24N2O2. The molecule has 0 bridgehead atoms. The number of amides is 1. The molecule has 2 N–H and O–H groups in total. The van der Waals surface area contributed by atoms with E-state index in [1.165, 1.54) is 6.42 Å². The molecule has 24 heavy (non-hydrogen) atoms. The second kappa shape index (κ2) is 6.10. The van der Waals surface area contributed by atoms with E-state index < -0.39 is 0 Å². The minimum Gasteiger partial charge on any atom is -0.497 e. The summed E-state index contributed by atoms with van der Waals surface area (Å²) in [6, 6.07) is 12.4. The van der Waals surface area contributed by atoms with Gasteiger partial charge in [0.1, 0.15) is 5.75 Å². The molecule has 0 radical (unpaired) electrons. The number of nitrogens with zero attached hydrogens (tertiary/aromatic N) is 1. The molecule has 4 nitrogen and oxygen atoms in total. The predicted molar refractivity (Wildman–Crippen MR) is 95.0 cm³/mol. The van der Waals surface area contributed by atoms with Gasteiger partial charge in [0, 0.05) is 19.1 Å². The van der Waals surface area contributed by atoms with Gasteiger partial charge in [-0.25, -0.2) is 0 Å². The number of hydrogen-bond acceptors (Lipinski definition) is 3. The highest BCUT2D eigenvalue weighted by molar-refractivity contribution is 5.91. The zero-order valence-electron chi connectivity index (χ0n) is 14.1. The minimum atomic E-state index is 0.215. The van der Waals surface area contributed by atoms with Gasteiger partial charge in [0.05, 0.1) is 13.5 Å². The van der Waals surface area contributed by atoms with Gasteiger partial charge in [0.2, 0.25) is 5.91 Å². The van der Waals surface area contributed by atoms with Crippen molar-refractivity contribution in [3.63, 3.8) is 0 Å². The Balaban J connectivity index is 1.55. The van der Waals surface area contributed by atoms with Gasteiger partial charge in [-0.05, 0) is 53.1 Å². The lowest BCUT2D eigenvalue weighted by Gasteiger charge is -2.19. The van der Waals surface area contributed by atoms with Crippen molar-refractivity contribution < 1.29 is 9.53 Å². The van der Waals surface area contributed by atoms with Crippen molar-refractivity contribution in [1.29, 1.82) is 0 Å². The summed E-state index contributed by atoms with van der Waals surface area (Å²) in [4.78, 5) is 14.8. The number of methoxy groups -OCH3 is 1. The number of likely N-dealkylation sites (tertiary alicyclic amines) is 1. The number of nitrogens with two attached hydrogens (primary N) is 1. The van der Waals surface area contributed by atoms with Gasteiger partial charge in [0.15, 0.2) is 0 Å². The van der Waals surface area contributed by atoms with Crippen molar-refractivity contribution in [2.45, 2.75) is 25.3 Å². The van der Waals surface area contributed by atoms with E-state index in [1.54, 1.807) is 7.11 Å². The molecule has 1 saturated heterocycles. The van der Waals surface area contributed by atoms with E-state index in [-0.39, 0.29) is 11.9 Å². The van der Waals surface area contributed by atoms with Crippen LogP contribution < -0.4 is 10.5 Å². The van der Waals surface area contributed by atoms with Crippen molar-refractivity contribution in [3.05, 3.63) is 42.0 Å². The number of fused-ring (bicyclic) bond motifs is 2. The van der Waals surface area contributed by atoms with Crippen molar-refractivity contribution in [1.82, 2.24) is 4.90 Å². The Morgan fingerprint density at radius 3 is 2.92 bits per heavy atom. The van der Waals surface area contributed by atoms with Gasteiger partial charge in [-0.2, -0.15) is 0 Å². The normalized spacial score (nSPS) is 25.9. The van der Waals surface area contributed by atoms with Crippen molar-refractivity contribution in [3.8, 4) is 5.75 Å². The molecule has 2 aromatic carbocycles. The van der Waals surface area contributed by atoms with E-state index in [1.807, 2.05) is 35.2 Å². The van der Waals surface area contributed by atoms with Gasteiger partial charge in [-0.1, -0.05) is 24.3 Å². The Hall–Kier alpha value is -2.07. The van der Waals surface area contributed by atoms with Crippen molar-refractivity contribution in [2.75, 3.05) is 20.2 Å². The van der Waals surface area contributed by atoms with Crippen LogP contribution in [-0.4, -0.2) is 37.0 Å². The number of carbonyl (C=O) groups is 1. The molecule has 2 aromatic rings. The van der Waals surface area contributed by atoms with Crippen LogP contribution >= 0.6 is 0 Å². The molecule has 2 aliphatic rings. The number of hydrogen-bond donors (Lipinski definition) is 1. The first-order valence-electron chi connectivity index (χ1n) is 8.74. The van der Waals surface area contributed by atoms with E-state index in [0.717, 1.165) is 41.6 Å². The van der Waals surface area contributed by atoms with Crippen LogP contribution in [0.25, 0.3) is 10.8 Å². The van der Waals surface area contributed by atoms with Crippen LogP contribution in [0.3, 0.4) is 0 Å². The molecule has 2 fully saturated rings. The van der Waals surface area contributed by atoms with Crippen LogP contribution in [0.1, 0.15) is 18.4 Å². The van der Waals surface area contributed by atoms with Crippen molar-refractivity contribution >= 4 is 16.7 Å². The average molecular weight is 324 g/mol. The summed E-state index contributed by atoms with van der Waals surface area (Å²) in [5, 5.41) is 2.24. The lowest BCUT2D eigenvalue weighted by Crippen LogP contribution is -2.34. The van der Waals surface area contributed by atoms with Crippen LogP contribution in [0.4, 0.5) is 0 Å². The van der Waals surface area contributed by atoms with E-state index in [4.69, 9.17) is 10.5 Å². The molecule has 126 valence electrons. The second-order valence-electron chi connectivity index (χ2n) is 7.14. The van der Waals surface area contributed by atoms with E-state index >= 15 is 0 Å². The molecule has 3 atom stereocenters. The highest BCUT2D eigenvalue weighted by Crippen LogP contribution is 2.37. The third kappa shape index (κ3) is 2.65. The fourth-order valence-corrected chi connectivity index (χ4v) is 4.38. The van der Waals surface area contributed by atoms with Crippen LogP contribution in [0, 0.1) is 11.8 Å². The molecule has 1 aliphatic heterocycles. The maximum absolute atomic E-state index is 12.8. The molecule has 4 heteroatoms. The largest absolute Gasteiger partial charge is 0.497 e. The average Bonchev–Trinajstić information content (AvgIpc) is 3.17. The Kier molecular flexibility index (Phi) is 3.93.